The van der Waals surface area contributed by atoms with E-state index in [9.17, 15) is 21.6 Å². The first kappa shape index (κ1) is 20.5. The van der Waals surface area contributed by atoms with E-state index >= 15 is 0 Å². The van der Waals surface area contributed by atoms with Gasteiger partial charge in [-0.05, 0) is 54.8 Å². The highest BCUT2D eigenvalue weighted by Crippen LogP contribution is 2.40. The summed E-state index contributed by atoms with van der Waals surface area (Å²) >= 11 is 0. The first-order valence-electron chi connectivity index (χ1n) is 8.59. The fourth-order valence-electron chi connectivity index (χ4n) is 3.37. The van der Waals surface area contributed by atoms with Crippen LogP contribution in [-0.4, -0.2) is 33.5 Å². The predicted molar refractivity (Wildman–Crippen MR) is 96.9 cm³/mol. The molecule has 0 bridgehead atoms. The molecule has 0 N–H and O–H groups in total. The van der Waals surface area contributed by atoms with Crippen molar-refractivity contribution in [3.05, 3.63) is 53.6 Å². The largest absolute Gasteiger partial charge is 0.493 e. The lowest BCUT2D eigenvalue weighted by Gasteiger charge is -2.25. The maximum atomic E-state index is 13.0. The zero-order valence-electron chi connectivity index (χ0n) is 15.4. The van der Waals surface area contributed by atoms with Gasteiger partial charge in [0.05, 0.1) is 30.7 Å². The third-order valence-electron chi connectivity index (χ3n) is 4.78. The maximum absolute atomic E-state index is 13.0. The summed E-state index contributed by atoms with van der Waals surface area (Å²) in [5.41, 5.74) is -0.144. The molecule has 0 aliphatic carbocycles. The summed E-state index contributed by atoms with van der Waals surface area (Å²) < 4.78 is 76.2. The van der Waals surface area contributed by atoms with Crippen LogP contribution in [0.25, 0.3) is 0 Å². The van der Waals surface area contributed by atoms with E-state index in [0.29, 0.717) is 30.9 Å². The van der Waals surface area contributed by atoms with Gasteiger partial charge in [-0.3, -0.25) is 0 Å². The number of benzene rings is 2. The monoisotopic (exact) mass is 415 g/mol. The number of sulfonamides is 1. The van der Waals surface area contributed by atoms with Crippen LogP contribution >= 0.6 is 0 Å². The molecule has 0 amide bonds. The van der Waals surface area contributed by atoms with Gasteiger partial charge in [-0.15, -0.1) is 0 Å². The Labute approximate surface area is 161 Å². The SMILES string of the molecule is COc1ccc([C@@H]2CCCN2S(=O)(=O)c2ccc(C(F)(F)F)cc2)cc1OC. The number of halogens is 3. The number of nitrogens with zero attached hydrogens (tertiary/aromatic N) is 1. The fourth-order valence-corrected chi connectivity index (χ4v) is 5.05. The second-order valence-electron chi connectivity index (χ2n) is 6.41. The standard InChI is InChI=1S/C19H20F3NO4S/c1-26-17-10-5-13(12-18(17)27-2)16-4-3-11-23(16)28(24,25)15-8-6-14(7-9-15)19(20,21)22/h5-10,12,16H,3-4,11H2,1-2H3/t16-/m0/s1. The fraction of sp³-hybridized carbons (Fsp3) is 0.368. The number of hydrogen-bond acceptors (Lipinski definition) is 4. The Bertz CT molecular complexity index is 943. The summed E-state index contributed by atoms with van der Waals surface area (Å²) in [4.78, 5) is -0.159. The zero-order chi connectivity index (χ0) is 20.5. The highest BCUT2D eigenvalue weighted by atomic mass is 32.2. The molecular formula is C19H20F3NO4S. The van der Waals surface area contributed by atoms with E-state index in [1.807, 2.05) is 0 Å². The number of hydrogen-bond donors (Lipinski definition) is 0. The highest BCUT2D eigenvalue weighted by molar-refractivity contribution is 7.89. The van der Waals surface area contributed by atoms with Crippen LogP contribution in [0.1, 0.15) is 30.0 Å². The summed E-state index contributed by atoms with van der Waals surface area (Å²) in [5.74, 6) is 1.01. The Hall–Kier alpha value is -2.26. The van der Waals surface area contributed by atoms with Crippen molar-refractivity contribution >= 4 is 10.0 Å². The van der Waals surface area contributed by atoms with Crippen LogP contribution in [0.5, 0.6) is 11.5 Å². The van der Waals surface area contributed by atoms with Gasteiger partial charge in [0.25, 0.3) is 0 Å². The molecule has 5 nitrogen and oxygen atoms in total. The zero-order valence-corrected chi connectivity index (χ0v) is 16.2. The Balaban J connectivity index is 1.93. The molecule has 0 saturated carbocycles. The van der Waals surface area contributed by atoms with Gasteiger partial charge in [-0.25, -0.2) is 8.42 Å². The Morgan fingerprint density at radius 1 is 1.00 bits per heavy atom. The lowest BCUT2D eigenvalue weighted by Crippen LogP contribution is -2.30. The highest BCUT2D eigenvalue weighted by Gasteiger charge is 2.37. The molecule has 0 unspecified atom stereocenters. The average molecular weight is 415 g/mol. The molecule has 2 aromatic carbocycles. The minimum absolute atomic E-state index is 0.159. The van der Waals surface area contributed by atoms with Crippen LogP contribution in [0.15, 0.2) is 47.4 Å². The Morgan fingerprint density at radius 3 is 2.21 bits per heavy atom. The molecule has 1 aliphatic rings. The molecule has 3 rings (SSSR count). The van der Waals surface area contributed by atoms with Gasteiger partial charge in [0.2, 0.25) is 10.0 Å². The molecule has 0 spiro atoms. The minimum Gasteiger partial charge on any atom is -0.493 e. The van der Waals surface area contributed by atoms with E-state index in [1.165, 1.54) is 18.5 Å². The molecule has 28 heavy (non-hydrogen) atoms. The van der Waals surface area contributed by atoms with Gasteiger partial charge in [0.1, 0.15) is 0 Å². The third-order valence-corrected chi connectivity index (χ3v) is 6.71. The van der Waals surface area contributed by atoms with E-state index in [4.69, 9.17) is 9.47 Å². The summed E-state index contributed by atoms with van der Waals surface area (Å²) in [7, 11) is -0.938. The normalized spacial score (nSPS) is 18.2. The second-order valence-corrected chi connectivity index (χ2v) is 8.30. The van der Waals surface area contributed by atoms with Gasteiger partial charge in [-0.2, -0.15) is 17.5 Å². The van der Waals surface area contributed by atoms with Crippen molar-refractivity contribution in [3.63, 3.8) is 0 Å². The van der Waals surface area contributed by atoms with Crippen molar-refractivity contribution in [1.29, 1.82) is 0 Å². The molecule has 2 aromatic rings. The second kappa shape index (κ2) is 7.63. The first-order valence-corrected chi connectivity index (χ1v) is 10.0. The van der Waals surface area contributed by atoms with Gasteiger partial charge in [0.15, 0.2) is 11.5 Å². The van der Waals surface area contributed by atoms with Crippen LogP contribution in [0.2, 0.25) is 0 Å². The summed E-state index contributed by atoms with van der Waals surface area (Å²) in [6.45, 7) is 0.294. The van der Waals surface area contributed by atoms with Gasteiger partial charge in [-0.1, -0.05) is 6.07 Å². The molecule has 1 atom stereocenters. The molecule has 1 saturated heterocycles. The summed E-state index contributed by atoms with van der Waals surface area (Å²) in [5, 5.41) is 0. The van der Waals surface area contributed by atoms with Crippen LogP contribution in [-0.2, 0) is 16.2 Å². The minimum atomic E-state index is -4.52. The van der Waals surface area contributed by atoms with Crippen molar-refractivity contribution in [2.45, 2.75) is 30.0 Å². The molecule has 1 fully saturated rings. The number of rotatable bonds is 5. The molecule has 1 aliphatic heterocycles. The van der Waals surface area contributed by atoms with Crippen LogP contribution in [0, 0.1) is 0 Å². The number of methoxy groups -OCH3 is 2. The van der Waals surface area contributed by atoms with E-state index in [-0.39, 0.29) is 4.90 Å². The molecule has 1 heterocycles. The van der Waals surface area contributed by atoms with Crippen molar-refractivity contribution < 1.29 is 31.1 Å². The van der Waals surface area contributed by atoms with Gasteiger partial charge >= 0.3 is 6.18 Å². The van der Waals surface area contributed by atoms with E-state index in [2.05, 4.69) is 0 Å². The number of ether oxygens (including phenoxy) is 2. The predicted octanol–water partition coefficient (Wildman–Crippen LogP) is 4.25. The topological polar surface area (TPSA) is 55.8 Å². The first-order chi connectivity index (χ1) is 13.2. The Kier molecular flexibility index (Phi) is 5.58. The lowest BCUT2D eigenvalue weighted by atomic mass is 10.0. The molecule has 152 valence electrons. The third kappa shape index (κ3) is 3.81. The Morgan fingerprint density at radius 2 is 1.64 bits per heavy atom. The van der Waals surface area contributed by atoms with E-state index < -0.39 is 27.8 Å². The van der Waals surface area contributed by atoms with Crippen molar-refractivity contribution in [2.75, 3.05) is 20.8 Å². The lowest BCUT2D eigenvalue weighted by molar-refractivity contribution is -0.137. The molecule has 0 radical (unpaired) electrons. The van der Waals surface area contributed by atoms with Crippen molar-refractivity contribution in [2.24, 2.45) is 0 Å². The maximum Gasteiger partial charge on any atom is 0.416 e. The summed E-state index contributed by atoms with van der Waals surface area (Å²) in [6.07, 6.45) is -3.26. The molecule has 9 heteroatoms. The average Bonchev–Trinajstić information content (AvgIpc) is 3.17. The van der Waals surface area contributed by atoms with Crippen LogP contribution in [0.3, 0.4) is 0 Å². The van der Waals surface area contributed by atoms with Gasteiger partial charge < -0.3 is 9.47 Å². The van der Waals surface area contributed by atoms with Crippen molar-refractivity contribution in [3.8, 4) is 11.5 Å². The van der Waals surface area contributed by atoms with E-state index in [1.54, 1.807) is 18.2 Å². The van der Waals surface area contributed by atoms with Crippen molar-refractivity contribution in [1.82, 2.24) is 4.31 Å². The number of alkyl halides is 3. The molecule has 0 aromatic heterocycles. The van der Waals surface area contributed by atoms with E-state index in [0.717, 1.165) is 29.8 Å². The molecular weight excluding hydrogens is 395 g/mol. The summed E-state index contributed by atoms with van der Waals surface area (Å²) in [6, 6.07) is 8.35. The quantitative estimate of drug-likeness (QED) is 0.733. The van der Waals surface area contributed by atoms with Crippen LogP contribution < -0.4 is 9.47 Å². The van der Waals surface area contributed by atoms with Crippen LogP contribution in [0.4, 0.5) is 13.2 Å². The van der Waals surface area contributed by atoms with Gasteiger partial charge in [0, 0.05) is 6.54 Å². The smallest absolute Gasteiger partial charge is 0.416 e.